The number of fused-ring (bicyclic) bond motifs is 2. The fourth-order valence-corrected chi connectivity index (χ4v) is 2.96. The van der Waals surface area contributed by atoms with Gasteiger partial charge >= 0.3 is 0 Å². The van der Waals surface area contributed by atoms with Gasteiger partial charge in [0.05, 0.1) is 0 Å². The summed E-state index contributed by atoms with van der Waals surface area (Å²) in [5.41, 5.74) is 0. The maximum atomic E-state index is 3.71. The molecule has 12 heavy (non-hydrogen) atoms. The number of nitrogens with one attached hydrogen (secondary N) is 1. The van der Waals surface area contributed by atoms with E-state index in [4.69, 9.17) is 0 Å². The monoisotopic (exact) mass is 167 g/mol. The molecule has 0 aromatic rings. The molecule has 2 saturated carbocycles. The van der Waals surface area contributed by atoms with Gasteiger partial charge in [-0.25, -0.2) is 0 Å². The Morgan fingerprint density at radius 3 is 2.75 bits per heavy atom. The lowest BCUT2D eigenvalue weighted by atomic mass is 9.95. The minimum atomic E-state index is 0.898. The van der Waals surface area contributed by atoms with Crippen LogP contribution in [-0.2, 0) is 0 Å². The van der Waals surface area contributed by atoms with Gasteiger partial charge in [-0.1, -0.05) is 19.8 Å². The molecule has 2 aliphatic carbocycles. The second kappa shape index (κ2) is 3.78. The Balaban J connectivity index is 1.69. The Kier molecular flexibility index (Phi) is 2.69. The molecule has 0 unspecified atom stereocenters. The first kappa shape index (κ1) is 8.55. The van der Waals surface area contributed by atoms with Crippen LogP contribution >= 0.6 is 0 Å². The van der Waals surface area contributed by atoms with E-state index < -0.39 is 0 Å². The van der Waals surface area contributed by atoms with Crippen molar-refractivity contribution in [3.63, 3.8) is 0 Å². The smallest absolute Gasteiger partial charge is 0.00980 e. The molecule has 0 radical (unpaired) electrons. The van der Waals surface area contributed by atoms with Gasteiger partial charge in [-0.05, 0) is 44.1 Å². The van der Waals surface area contributed by atoms with Gasteiger partial charge in [-0.3, -0.25) is 0 Å². The van der Waals surface area contributed by atoms with Crippen LogP contribution in [0.15, 0.2) is 0 Å². The zero-order chi connectivity index (χ0) is 8.39. The van der Waals surface area contributed by atoms with Crippen LogP contribution in [0.25, 0.3) is 0 Å². The molecule has 2 bridgehead atoms. The maximum Gasteiger partial charge on any atom is 0.00980 e. The zero-order valence-corrected chi connectivity index (χ0v) is 8.18. The van der Waals surface area contributed by atoms with Crippen molar-refractivity contribution in [2.45, 2.75) is 51.5 Å². The maximum absolute atomic E-state index is 3.71. The zero-order valence-electron chi connectivity index (χ0n) is 8.18. The quantitative estimate of drug-likeness (QED) is 0.635. The Labute approximate surface area is 75.9 Å². The van der Waals surface area contributed by atoms with Crippen LogP contribution in [-0.4, -0.2) is 12.6 Å². The predicted molar refractivity (Wildman–Crippen MR) is 52.1 cm³/mol. The van der Waals surface area contributed by atoms with Crippen LogP contribution < -0.4 is 5.32 Å². The van der Waals surface area contributed by atoms with Crippen molar-refractivity contribution in [2.24, 2.45) is 11.8 Å². The summed E-state index contributed by atoms with van der Waals surface area (Å²) in [6, 6.07) is 0.898. The van der Waals surface area contributed by atoms with E-state index in [1.807, 2.05) is 0 Å². The molecular weight excluding hydrogens is 146 g/mol. The average Bonchev–Trinajstić information content (AvgIpc) is 2.65. The molecule has 0 aromatic carbocycles. The fraction of sp³-hybridized carbons (Fsp3) is 1.00. The van der Waals surface area contributed by atoms with Crippen molar-refractivity contribution >= 4 is 0 Å². The summed E-state index contributed by atoms with van der Waals surface area (Å²) in [5.74, 6) is 2.14. The molecule has 3 atom stereocenters. The number of unbranched alkanes of at least 4 members (excludes halogenated alkanes) is 1. The second-order valence-corrected chi connectivity index (χ2v) is 4.59. The van der Waals surface area contributed by atoms with Gasteiger partial charge in [0.2, 0.25) is 0 Å². The van der Waals surface area contributed by atoms with Crippen LogP contribution in [0.3, 0.4) is 0 Å². The first-order chi connectivity index (χ1) is 5.90. The first-order valence-corrected chi connectivity index (χ1v) is 5.63. The molecule has 70 valence electrons. The van der Waals surface area contributed by atoms with Gasteiger partial charge in [-0.15, -0.1) is 0 Å². The molecule has 0 saturated heterocycles. The number of hydrogen-bond acceptors (Lipinski definition) is 1. The van der Waals surface area contributed by atoms with Crippen molar-refractivity contribution in [2.75, 3.05) is 6.54 Å². The first-order valence-electron chi connectivity index (χ1n) is 5.63. The highest BCUT2D eigenvalue weighted by atomic mass is 14.9. The SMILES string of the molecule is CCCCN[C@H]1C[C@H]2CC[C@H]1C2. The molecule has 2 fully saturated rings. The van der Waals surface area contributed by atoms with Crippen LogP contribution in [0, 0.1) is 11.8 Å². The molecule has 0 aromatic heterocycles. The topological polar surface area (TPSA) is 12.0 Å². The van der Waals surface area contributed by atoms with Gasteiger partial charge in [0.25, 0.3) is 0 Å². The standard InChI is InChI=1S/C11H21N/c1-2-3-6-12-11-8-9-4-5-10(11)7-9/h9-12H,2-8H2,1H3/t9-,10-,11-/m0/s1. The summed E-state index contributed by atoms with van der Waals surface area (Å²) in [4.78, 5) is 0. The van der Waals surface area contributed by atoms with E-state index in [1.165, 1.54) is 45.1 Å². The highest BCUT2D eigenvalue weighted by Crippen LogP contribution is 2.44. The third-order valence-corrected chi connectivity index (χ3v) is 3.67. The summed E-state index contributed by atoms with van der Waals surface area (Å²) < 4.78 is 0. The highest BCUT2D eigenvalue weighted by Gasteiger charge is 2.38. The molecule has 2 rings (SSSR count). The predicted octanol–water partition coefficient (Wildman–Crippen LogP) is 2.56. The van der Waals surface area contributed by atoms with E-state index in [1.54, 1.807) is 0 Å². The molecule has 0 amide bonds. The number of hydrogen-bond donors (Lipinski definition) is 1. The van der Waals surface area contributed by atoms with Crippen LogP contribution in [0.5, 0.6) is 0 Å². The third kappa shape index (κ3) is 1.66. The Morgan fingerprint density at radius 1 is 1.25 bits per heavy atom. The van der Waals surface area contributed by atoms with Gasteiger partial charge in [-0.2, -0.15) is 0 Å². The lowest BCUT2D eigenvalue weighted by Crippen LogP contribution is -2.34. The normalized spacial score (nSPS) is 39.2. The minimum absolute atomic E-state index is 0.898. The van der Waals surface area contributed by atoms with E-state index in [9.17, 15) is 0 Å². The lowest BCUT2D eigenvalue weighted by molar-refractivity contribution is 0.350. The van der Waals surface area contributed by atoms with Crippen LogP contribution in [0.1, 0.15) is 45.4 Å². The van der Waals surface area contributed by atoms with E-state index in [-0.39, 0.29) is 0 Å². The summed E-state index contributed by atoms with van der Waals surface area (Å²) in [7, 11) is 0. The van der Waals surface area contributed by atoms with Gasteiger partial charge in [0.15, 0.2) is 0 Å². The summed E-state index contributed by atoms with van der Waals surface area (Å²) in [6.07, 6.45) is 8.73. The van der Waals surface area contributed by atoms with Crippen molar-refractivity contribution in [3.8, 4) is 0 Å². The molecular formula is C11H21N. The summed E-state index contributed by atoms with van der Waals surface area (Å²) in [5, 5.41) is 3.71. The van der Waals surface area contributed by atoms with Crippen molar-refractivity contribution in [1.29, 1.82) is 0 Å². The van der Waals surface area contributed by atoms with E-state index in [2.05, 4.69) is 12.2 Å². The van der Waals surface area contributed by atoms with Gasteiger partial charge in [0, 0.05) is 6.04 Å². The fourth-order valence-electron chi connectivity index (χ4n) is 2.96. The number of rotatable bonds is 4. The van der Waals surface area contributed by atoms with E-state index >= 15 is 0 Å². The van der Waals surface area contributed by atoms with Crippen LogP contribution in [0.2, 0.25) is 0 Å². The molecule has 2 aliphatic rings. The van der Waals surface area contributed by atoms with E-state index in [0.717, 1.165) is 17.9 Å². The molecule has 1 heteroatoms. The van der Waals surface area contributed by atoms with Crippen molar-refractivity contribution in [1.82, 2.24) is 5.32 Å². The average molecular weight is 167 g/mol. The van der Waals surface area contributed by atoms with E-state index in [0.29, 0.717) is 0 Å². The molecule has 1 nitrogen and oxygen atoms in total. The molecule has 0 aliphatic heterocycles. The van der Waals surface area contributed by atoms with Crippen molar-refractivity contribution in [3.05, 3.63) is 0 Å². The Morgan fingerprint density at radius 2 is 2.17 bits per heavy atom. The minimum Gasteiger partial charge on any atom is -0.314 e. The Bertz CT molecular complexity index is 144. The van der Waals surface area contributed by atoms with Gasteiger partial charge in [0.1, 0.15) is 0 Å². The van der Waals surface area contributed by atoms with Crippen LogP contribution in [0.4, 0.5) is 0 Å². The largest absolute Gasteiger partial charge is 0.314 e. The molecule has 1 N–H and O–H groups in total. The van der Waals surface area contributed by atoms with Gasteiger partial charge < -0.3 is 5.32 Å². The molecule has 0 spiro atoms. The highest BCUT2D eigenvalue weighted by molar-refractivity contribution is 4.93. The lowest BCUT2D eigenvalue weighted by Gasteiger charge is -2.22. The third-order valence-electron chi connectivity index (χ3n) is 3.67. The van der Waals surface area contributed by atoms with Crippen molar-refractivity contribution < 1.29 is 0 Å². The summed E-state index contributed by atoms with van der Waals surface area (Å²) >= 11 is 0. The Hall–Kier alpha value is -0.0400. The second-order valence-electron chi connectivity index (χ2n) is 4.59. The molecule has 0 heterocycles. The summed E-state index contributed by atoms with van der Waals surface area (Å²) in [6.45, 7) is 3.52.